The molecule has 24 heavy (non-hydrogen) atoms. The van der Waals surface area contributed by atoms with Gasteiger partial charge in [0.1, 0.15) is 5.75 Å². The van der Waals surface area contributed by atoms with Crippen molar-refractivity contribution in [3.8, 4) is 5.75 Å². The number of hydrogen-bond acceptors (Lipinski definition) is 5. The number of amides is 2. The van der Waals surface area contributed by atoms with E-state index in [4.69, 9.17) is 9.84 Å². The highest BCUT2D eigenvalue weighted by atomic mass is 79.9. The maximum atomic E-state index is 12.3. The van der Waals surface area contributed by atoms with Gasteiger partial charge in [-0.3, -0.25) is 14.5 Å². The molecule has 1 fully saturated rings. The van der Waals surface area contributed by atoms with Crippen LogP contribution in [0.1, 0.15) is 19.4 Å². The molecule has 1 heterocycles. The Morgan fingerprint density at radius 1 is 1.33 bits per heavy atom. The fourth-order valence-corrected chi connectivity index (χ4v) is 4.42. The highest BCUT2D eigenvalue weighted by Crippen LogP contribution is 2.38. The Kier molecular flexibility index (Phi) is 6.11. The Labute approximate surface area is 159 Å². The molecule has 128 valence electrons. The molecule has 0 aliphatic carbocycles. The summed E-state index contributed by atoms with van der Waals surface area (Å²) in [7, 11) is 0. The van der Waals surface area contributed by atoms with Gasteiger partial charge in [-0.05, 0) is 81.2 Å². The molecule has 0 atom stereocenters. The van der Waals surface area contributed by atoms with E-state index in [0.29, 0.717) is 25.2 Å². The molecule has 1 saturated heterocycles. The molecule has 0 unspecified atom stereocenters. The van der Waals surface area contributed by atoms with Gasteiger partial charge in [-0.1, -0.05) is 0 Å². The lowest BCUT2D eigenvalue weighted by molar-refractivity contribution is -0.139. The van der Waals surface area contributed by atoms with Crippen LogP contribution in [0.2, 0.25) is 0 Å². The summed E-state index contributed by atoms with van der Waals surface area (Å²) in [6, 6.07) is 3.17. The highest BCUT2D eigenvalue weighted by molar-refractivity contribution is 9.11. The van der Waals surface area contributed by atoms with Crippen LogP contribution in [0, 0.1) is 0 Å². The van der Waals surface area contributed by atoms with Crippen LogP contribution in [0.3, 0.4) is 0 Å². The van der Waals surface area contributed by atoms with E-state index in [1.807, 2.05) is 0 Å². The predicted octanol–water partition coefficient (Wildman–Crippen LogP) is 4.12. The van der Waals surface area contributed by atoms with Crippen LogP contribution in [0.15, 0.2) is 26.0 Å². The van der Waals surface area contributed by atoms with E-state index in [0.717, 1.165) is 11.8 Å². The van der Waals surface area contributed by atoms with Gasteiger partial charge in [-0.25, -0.2) is 4.79 Å². The number of thioether (sulfide) groups is 1. The van der Waals surface area contributed by atoms with E-state index in [1.165, 1.54) is 4.90 Å². The van der Waals surface area contributed by atoms with Crippen molar-refractivity contribution in [3.63, 3.8) is 0 Å². The number of halogens is 2. The zero-order valence-electron chi connectivity index (χ0n) is 12.7. The summed E-state index contributed by atoms with van der Waals surface area (Å²) in [4.78, 5) is 36.3. The SMILES string of the molecule is CC(C)N1C(=O)SC(=Cc2cc(Br)c(OCC(=O)O)c(Br)c2)C1=O. The molecule has 1 aromatic rings. The number of carbonyl (C=O) groups excluding carboxylic acids is 2. The predicted molar refractivity (Wildman–Crippen MR) is 97.9 cm³/mol. The van der Waals surface area contributed by atoms with Crippen molar-refractivity contribution in [3.05, 3.63) is 31.5 Å². The maximum Gasteiger partial charge on any atom is 0.341 e. The van der Waals surface area contributed by atoms with Gasteiger partial charge in [0.05, 0.1) is 13.9 Å². The molecule has 0 spiro atoms. The molecule has 2 rings (SSSR count). The number of benzene rings is 1. The molecule has 0 radical (unpaired) electrons. The van der Waals surface area contributed by atoms with Gasteiger partial charge in [0.2, 0.25) is 0 Å². The van der Waals surface area contributed by atoms with Crippen LogP contribution in [0.4, 0.5) is 4.79 Å². The summed E-state index contributed by atoms with van der Waals surface area (Å²) < 4.78 is 6.26. The summed E-state index contributed by atoms with van der Waals surface area (Å²) in [5, 5.41) is 8.39. The Hall–Kier alpha value is -1.32. The van der Waals surface area contributed by atoms with E-state index in [-0.39, 0.29) is 17.2 Å². The van der Waals surface area contributed by atoms with Gasteiger partial charge >= 0.3 is 5.97 Å². The van der Waals surface area contributed by atoms with Gasteiger partial charge in [0.15, 0.2) is 6.61 Å². The van der Waals surface area contributed by atoms with Crippen molar-refractivity contribution >= 4 is 66.8 Å². The van der Waals surface area contributed by atoms with Crippen LogP contribution in [0.5, 0.6) is 5.75 Å². The molecule has 1 N–H and O–H groups in total. The minimum absolute atomic E-state index is 0.200. The zero-order chi connectivity index (χ0) is 18.0. The maximum absolute atomic E-state index is 12.3. The fourth-order valence-electron chi connectivity index (χ4n) is 2.01. The third-order valence-corrected chi connectivity index (χ3v) is 5.06. The lowest BCUT2D eigenvalue weighted by Gasteiger charge is -2.16. The molecular formula is C15H13Br2NO5S. The summed E-state index contributed by atoms with van der Waals surface area (Å²) >= 11 is 7.52. The monoisotopic (exact) mass is 477 g/mol. The zero-order valence-corrected chi connectivity index (χ0v) is 16.7. The first-order valence-electron chi connectivity index (χ1n) is 6.81. The normalized spacial score (nSPS) is 16.4. The van der Waals surface area contributed by atoms with Crippen molar-refractivity contribution in [2.75, 3.05) is 6.61 Å². The Morgan fingerprint density at radius 3 is 2.38 bits per heavy atom. The van der Waals surface area contributed by atoms with Crippen molar-refractivity contribution < 1.29 is 24.2 Å². The Bertz CT molecular complexity index is 724. The van der Waals surface area contributed by atoms with Gasteiger partial charge < -0.3 is 9.84 Å². The van der Waals surface area contributed by atoms with E-state index in [1.54, 1.807) is 32.1 Å². The Balaban J connectivity index is 2.29. The minimum atomic E-state index is -1.08. The molecule has 0 aromatic heterocycles. The first-order chi connectivity index (χ1) is 11.2. The second-order valence-corrected chi connectivity index (χ2v) is 7.84. The molecule has 6 nitrogen and oxygen atoms in total. The lowest BCUT2D eigenvalue weighted by Crippen LogP contribution is -2.34. The standard InChI is InChI=1S/C15H13Br2NO5S/c1-7(2)18-14(21)11(24-15(18)22)5-8-3-9(16)13(10(17)4-8)23-6-12(19)20/h3-5,7H,6H2,1-2H3,(H,19,20). The first-order valence-corrected chi connectivity index (χ1v) is 9.21. The third-order valence-electron chi connectivity index (χ3n) is 3.00. The van der Waals surface area contributed by atoms with Crippen LogP contribution in [0.25, 0.3) is 6.08 Å². The van der Waals surface area contributed by atoms with Crippen LogP contribution in [-0.2, 0) is 9.59 Å². The van der Waals surface area contributed by atoms with E-state index in [2.05, 4.69) is 31.9 Å². The number of rotatable bonds is 5. The third kappa shape index (κ3) is 4.20. The quantitative estimate of drug-likeness (QED) is 0.641. The van der Waals surface area contributed by atoms with Crippen LogP contribution in [-0.4, -0.2) is 39.8 Å². The van der Waals surface area contributed by atoms with E-state index < -0.39 is 12.6 Å². The molecule has 2 amide bonds. The van der Waals surface area contributed by atoms with Crippen LogP contribution < -0.4 is 4.74 Å². The van der Waals surface area contributed by atoms with Gasteiger partial charge in [0.25, 0.3) is 11.1 Å². The molecular weight excluding hydrogens is 466 g/mol. The van der Waals surface area contributed by atoms with Gasteiger partial charge in [-0.2, -0.15) is 0 Å². The molecule has 9 heteroatoms. The van der Waals surface area contributed by atoms with E-state index >= 15 is 0 Å². The summed E-state index contributed by atoms with van der Waals surface area (Å²) in [5.41, 5.74) is 0.672. The second-order valence-electron chi connectivity index (χ2n) is 5.14. The number of carboxylic acids is 1. The average molecular weight is 479 g/mol. The van der Waals surface area contributed by atoms with Crippen LogP contribution >= 0.6 is 43.6 Å². The molecule has 0 bridgehead atoms. The average Bonchev–Trinajstić information content (AvgIpc) is 2.72. The lowest BCUT2D eigenvalue weighted by atomic mass is 10.2. The molecule has 1 aliphatic heterocycles. The number of aliphatic carboxylic acids is 1. The second kappa shape index (κ2) is 7.71. The number of nitrogens with zero attached hydrogens (tertiary/aromatic N) is 1. The van der Waals surface area contributed by atoms with E-state index in [9.17, 15) is 14.4 Å². The number of carboxylic acid groups (broad SMARTS) is 1. The number of ether oxygens (including phenoxy) is 1. The smallest absolute Gasteiger partial charge is 0.341 e. The molecule has 1 aromatic carbocycles. The number of imide groups is 1. The first kappa shape index (κ1) is 19.0. The fraction of sp³-hybridized carbons (Fsp3) is 0.267. The largest absolute Gasteiger partial charge is 0.480 e. The summed E-state index contributed by atoms with van der Waals surface area (Å²) in [6.45, 7) is 3.09. The van der Waals surface area contributed by atoms with Crippen molar-refractivity contribution in [2.24, 2.45) is 0 Å². The molecule has 1 aliphatic rings. The van der Waals surface area contributed by atoms with Crippen molar-refractivity contribution in [1.82, 2.24) is 4.90 Å². The molecule has 0 saturated carbocycles. The summed E-state index contributed by atoms with van der Waals surface area (Å²) in [5.74, 6) is -1.05. The minimum Gasteiger partial charge on any atom is -0.480 e. The van der Waals surface area contributed by atoms with Gasteiger partial charge in [-0.15, -0.1) is 0 Å². The number of hydrogen-bond donors (Lipinski definition) is 1. The van der Waals surface area contributed by atoms with Gasteiger partial charge in [0, 0.05) is 6.04 Å². The summed E-state index contributed by atoms with van der Waals surface area (Å²) in [6.07, 6.45) is 1.61. The van der Waals surface area contributed by atoms with Crippen molar-refractivity contribution in [1.29, 1.82) is 0 Å². The van der Waals surface area contributed by atoms with Crippen molar-refractivity contribution in [2.45, 2.75) is 19.9 Å². The number of carbonyl (C=O) groups is 3. The highest BCUT2D eigenvalue weighted by Gasteiger charge is 2.36. The topological polar surface area (TPSA) is 83.9 Å². The Morgan fingerprint density at radius 2 is 1.92 bits per heavy atom.